The molecule has 0 saturated carbocycles. The SMILES string of the molecule is CCCCCCCCC(=O)N(Cc1cccc(OS(C)(=O)=O)c1)Cc1ccco1. The molecule has 1 heterocycles. The summed E-state index contributed by atoms with van der Waals surface area (Å²) in [5, 5.41) is 0. The number of nitrogens with zero attached hydrogens (tertiary/aromatic N) is 1. The van der Waals surface area contributed by atoms with E-state index in [1.165, 1.54) is 19.3 Å². The third-order valence-corrected chi connectivity index (χ3v) is 5.04. The molecule has 0 aliphatic heterocycles. The normalized spacial score (nSPS) is 11.4. The second-order valence-electron chi connectivity index (χ2n) is 7.28. The van der Waals surface area contributed by atoms with Crippen LogP contribution in [0.4, 0.5) is 0 Å². The first-order valence-electron chi connectivity index (χ1n) is 10.2. The van der Waals surface area contributed by atoms with Crippen LogP contribution in [0.2, 0.25) is 0 Å². The molecule has 0 unspecified atom stereocenters. The number of hydrogen-bond acceptors (Lipinski definition) is 5. The minimum absolute atomic E-state index is 0.0614. The van der Waals surface area contributed by atoms with E-state index in [2.05, 4.69) is 6.92 Å². The van der Waals surface area contributed by atoms with E-state index in [0.29, 0.717) is 25.3 Å². The van der Waals surface area contributed by atoms with Gasteiger partial charge < -0.3 is 13.5 Å². The lowest BCUT2D eigenvalue weighted by Crippen LogP contribution is -2.29. The van der Waals surface area contributed by atoms with Gasteiger partial charge in [0.05, 0.1) is 19.1 Å². The Morgan fingerprint density at radius 2 is 1.79 bits per heavy atom. The summed E-state index contributed by atoms with van der Waals surface area (Å²) in [5.74, 6) is 1.02. The van der Waals surface area contributed by atoms with Crippen molar-refractivity contribution in [3.8, 4) is 5.75 Å². The van der Waals surface area contributed by atoms with E-state index in [0.717, 1.165) is 31.1 Å². The van der Waals surface area contributed by atoms with Crippen molar-refractivity contribution in [3.63, 3.8) is 0 Å². The molecular weight excluding hydrogens is 390 g/mol. The molecule has 1 aromatic heterocycles. The molecule has 29 heavy (non-hydrogen) atoms. The Morgan fingerprint density at radius 3 is 2.48 bits per heavy atom. The van der Waals surface area contributed by atoms with Gasteiger partial charge in [-0.05, 0) is 36.2 Å². The van der Waals surface area contributed by atoms with Gasteiger partial charge >= 0.3 is 10.1 Å². The Labute approximate surface area is 174 Å². The van der Waals surface area contributed by atoms with Gasteiger partial charge in [0.1, 0.15) is 11.5 Å². The smallest absolute Gasteiger partial charge is 0.306 e. The van der Waals surface area contributed by atoms with E-state index in [9.17, 15) is 13.2 Å². The van der Waals surface area contributed by atoms with Crippen LogP contribution in [0.5, 0.6) is 5.75 Å². The molecule has 2 aromatic rings. The van der Waals surface area contributed by atoms with Crippen molar-refractivity contribution in [2.24, 2.45) is 0 Å². The van der Waals surface area contributed by atoms with E-state index in [1.54, 1.807) is 35.4 Å². The number of carbonyl (C=O) groups is 1. The molecule has 0 saturated heterocycles. The summed E-state index contributed by atoms with van der Waals surface area (Å²) in [6, 6.07) is 10.4. The molecule has 0 aliphatic carbocycles. The Bertz CT molecular complexity index is 846. The van der Waals surface area contributed by atoms with Crippen LogP contribution in [0, 0.1) is 0 Å². The molecule has 1 amide bonds. The summed E-state index contributed by atoms with van der Waals surface area (Å²) in [6.45, 7) is 2.92. The fraction of sp³-hybridized carbons (Fsp3) is 0.500. The summed E-state index contributed by atoms with van der Waals surface area (Å²) >= 11 is 0. The lowest BCUT2D eigenvalue weighted by Gasteiger charge is -2.22. The van der Waals surface area contributed by atoms with Gasteiger partial charge in [-0.3, -0.25) is 4.79 Å². The van der Waals surface area contributed by atoms with E-state index < -0.39 is 10.1 Å². The van der Waals surface area contributed by atoms with E-state index >= 15 is 0 Å². The first kappa shape index (κ1) is 23.0. The maximum absolute atomic E-state index is 12.8. The Hall–Kier alpha value is -2.28. The maximum Gasteiger partial charge on any atom is 0.306 e. The highest BCUT2D eigenvalue weighted by Crippen LogP contribution is 2.19. The average Bonchev–Trinajstić information content (AvgIpc) is 3.16. The Morgan fingerprint density at radius 1 is 1.03 bits per heavy atom. The molecule has 2 rings (SSSR count). The Balaban J connectivity index is 2.00. The molecule has 0 atom stereocenters. The first-order valence-corrected chi connectivity index (χ1v) is 12.0. The van der Waals surface area contributed by atoms with Crippen molar-refractivity contribution >= 4 is 16.0 Å². The van der Waals surface area contributed by atoms with Crippen LogP contribution in [-0.4, -0.2) is 25.5 Å². The second-order valence-corrected chi connectivity index (χ2v) is 8.86. The molecular formula is C22H31NO5S. The highest BCUT2D eigenvalue weighted by molar-refractivity contribution is 7.86. The van der Waals surface area contributed by atoms with Crippen LogP contribution >= 0.6 is 0 Å². The number of rotatable bonds is 13. The quantitative estimate of drug-likeness (QED) is 0.340. The fourth-order valence-corrected chi connectivity index (χ4v) is 3.58. The van der Waals surface area contributed by atoms with Crippen LogP contribution in [0.1, 0.15) is 63.2 Å². The third kappa shape index (κ3) is 9.17. The minimum atomic E-state index is -3.60. The zero-order valence-electron chi connectivity index (χ0n) is 17.3. The number of benzene rings is 1. The largest absolute Gasteiger partial charge is 0.467 e. The molecule has 0 bridgehead atoms. The average molecular weight is 422 g/mol. The summed E-state index contributed by atoms with van der Waals surface area (Å²) in [7, 11) is -3.60. The van der Waals surface area contributed by atoms with Gasteiger partial charge in [0.15, 0.2) is 0 Å². The van der Waals surface area contributed by atoms with Gasteiger partial charge in [-0.1, -0.05) is 51.2 Å². The van der Waals surface area contributed by atoms with Gasteiger partial charge in [-0.15, -0.1) is 0 Å². The second kappa shape index (κ2) is 11.7. The lowest BCUT2D eigenvalue weighted by molar-refractivity contribution is -0.132. The van der Waals surface area contributed by atoms with E-state index in [4.69, 9.17) is 8.60 Å². The predicted octanol–water partition coefficient (Wildman–Crippen LogP) is 4.90. The summed E-state index contributed by atoms with van der Waals surface area (Å²) in [4.78, 5) is 14.6. The molecule has 0 spiro atoms. The molecule has 0 N–H and O–H groups in total. The fourth-order valence-electron chi connectivity index (χ4n) is 3.13. The molecule has 1 aromatic carbocycles. The number of furan rings is 1. The molecule has 6 nitrogen and oxygen atoms in total. The van der Waals surface area contributed by atoms with Crippen molar-refractivity contribution < 1.29 is 21.8 Å². The van der Waals surface area contributed by atoms with Crippen molar-refractivity contribution in [2.75, 3.05) is 6.26 Å². The van der Waals surface area contributed by atoms with Crippen LogP contribution in [-0.2, 0) is 28.0 Å². The van der Waals surface area contributed by atoms with E-state index in [1.807, 2.05) is 12.1 Å². The highest BCUT2D eigenvalue weighted by atomic mass is 32.2. The van der Waals surface area contributed by atoms with Gasteiger partial charge in [0, 0.05) is 13.0 Å². The van der Waals surface area contributed by atoms with Crippen molar-refractivity contribution in [1.29, 1.82) is 0 Å². The Kier molecular flexibility index (Phi) is 9.25. The minimum Gasteiger partial charge on any atom is -0.467 e. The monoisotopic (exact) mass is 421 g/mol. The van der Waals surface area contributed by atoms with Crippen molar-refractivity contribution in [2.45, 2.75) is 65.0 Å². The third-order valence-electron chi connectivity index (χ3n) is 4.54. The lowest BCUT2D eigenvalue weighted by atomic mass is 10.1. The predicted molar refractivity (Wildman–Crippen MR) is 113 cm³/mol. The standard InChI is InChI=1S/C22H31NO5S/c1-3-4-5-6-7-8-14-22(24)23(18-21-13-10-15-27-21)17-19-11-9-12-20(16-19)28-29(2,25)26/h9-13,15-16H,3-8,14,17-18H2,1-2H3. The number of carbonyl (C=O) groups excluding carboxylic acids is 1. The maximum atomic E-state index is 12.8. The van der Waals surface area contributed by atoms with Gasteiger partial charge in [0.25, 0.3) is 0 Å². The summed E-state index contributed by atoms with van der Waals surface area (Å²) in [5.41, 5.74) is 0.800. The van der Waals surface area contributed by atoms with Crippen LogP contribution in [0.3, 0.4) is 0 Å². The zero-order chi connectivity index (χ0) is 21.1. The molecule has 0 radical (unpaired) electrons. The van der Waals surface area contributed by atoms with Gasteiger partial charge in [0.2, 0.25) is 5.91 Å². The summed E-state index contributed by atoms with van der Waals surface area (Å²) in [6.07, 6.45) is 9.83. The first-order chi connectivity index (χ1) is 13.9. The number of unbranched alkanes of at least 4 members (excludes halogenated alkanes) is 5. The van der Waals surface area contributed by atoms with Crippen molar-refractivity contribution in [3.05, 3.63) is 54.0 Å². The molecule has 160 valence electrons. The topological polar surface area (TPSA) is 76.8 Å². The van der Waals surface area contributed by atoms with Crippen LogP contribution < -0.4 is 4.18 Å². The van der Waals surface area contributed by atoms with E-state index in [-0.39, 0.29) is 11.7 Å². The number of amides is 1. The van der Waals surface area contributed by atoms with Gasteiger partial charge in [-0.25, -0.2) is 0 Å². The number of hydrogen-bond donors (Lipinski definition) is 0. The molecule has 0 aliphatic rings. The van der Waals surface area contributed by atoms with Crippen molar-refractivity contribution in [1.82, 2.24) is 4.90 Å². The van der Waals surface area contributed by atoms with Crippen LogP contribution in [0.25, 0.3) is 0 Å². The van der Waals surface area contributed by atoms with Crippen LogP contribution in [0.15, 0.2) is 47.1 Å². The highest BCUT2D eigenvalue weighted by Gasteiger charge is 2.16. The summed E-state index contributed by atoms with van der Waals surface area (Å²) < 4.78 is 33.1. The molecule has 0 fully saturated rings. The molecule has 7 heteroatoms. The van der Waals surface area contributed by atoms with Gasteiger partial charge in [-0.2, -0.15) is 8.42 Å². The zero-order valence-corrected chi connectivity index (χ0v) is 18.1.